The SMILES string of the molecule is CCNC(=NCCc1c(C)nn(C)c1C)NCCc1c[nH]c2ccccc12.I. The van der Waals surface area contributed by atoms with Crippen LogP contribution in [0.3, 0.4) is 0 Å². The fourth-order valence-electron chi connectivity index (χ4n) is 3.45. The Balaban J connectivity index is 0.00000280. The summed E-state index contributed by atoms with van der Waals surface area (Å²) in [6.07, 6.45) is 3.96. The Bertz CT molecular complexity index is 924. The second-order valence-electron chi connectivity index (χ2n) is 6.82. The van der Waals surface area contributed by atoms with Crippen LogP contribution in [0.15, 0.2) is 35.5 Å². The minimum atomic E-state index is 0. The number of para-hydroxylation sites is 1. The van der Waals surface area contributed by atoms with Gasteiger partial charge in [0.1, 0.15) is 0 Å². The smallest absolute Gasteiger partial charge is 0.191 e. The van der Waals surface area contributed by atoms with Crippen LogP contribution in [0.5, 0.6) is 0 Å². The molecule has 3 N–H and O–H groups in total. The van der Waals surface area contributed by atoms with Crippen LogP contribution in [-0.2, 0) is 19.9 Å². The van der Waals surface area contributed by atoms with Crippen LogP contribution < -0.4 is 10.6 Å². The van der Waals surface area contributed by atoms with E-state index in [0.29, 0.717) is 0 Å². The quantitative estimate of drug-likeness (QED) is 0.268. The molecule has 0 atom stereocenters. The van der Waals surface area contributed by atoms with Gasteiger partial charge in [-0.2, -0.15) is 5.10 Å². The van der Waals surface area contributed by atoms with Gasteiger partial charge < -0.3 is 15.6 Å². The number of halogens is 1. The van der Waals surface area contributed by atoms with E-state index in [2.05, 4.69) is 71.9 Å². The first-order chi connectivity index (χ1) is 13.1. The largest absolute Gasteiger partial charge is 0.361 e. The summed E-state index contributed by atoms with van der Waals surface area (Å²) >= 11 is 0. The van der Waals surface area contributed by atoms with Crippen molar-refractivity contribution >= 4 is 40.8 Å². The maximum absolute atomic E-state index is 4.73. The molecular weight excluding hydrogens is 463 g/mol. The van der Waals surface area contributed by atoms with E-state index >= 15 is 0 Å². The fraction of sp³-hybridized carbons (Fsp3) is 0.429. The molecule has 3 aromatic rings. The van der Waals surface area contributed by atoms with Gasteiger partial charge in [0.2, 0.25) is 0 Å². The number of hydrogen-bond acceptors (Lipinski definition) is 2. The molecule has 0 unspecified atom stereocenters. The summed E-state index contributed by atoms with van der Waals surface area (Å²) in [6, 6.07) is 8.42. The zero-order valence-corrected chi connectivity index (χ0v) is 19.5. The van der Waals surface area contributed by atoms with Crippen LogP contribution in [0.25, 0.3) is 10.9 Å². The number of aromatic nitrogens is 3. The summed E-state index contributed by atoms with van der Waals surface area (Å²) in [6.45, 7) is 8.71. The summed E-state index contributed by atoms with van der Waals surface area (Å²) < 4.78 is 1.94. The van der Waals surface area contributed by atoms with Crippen LogP contribution >= 0.6 is 24.0 Å². The first-order valence-electron chi connectivity index (χ1n) is 9.66. The molecule has 0 saturated carbocycles. The van der Waals surface area contributed by atoms with Gasteiger partial charge in [0, 0.05) is 49.5 Å². The highest BCUT2D eigenvalue weighted by atomic mass is 127. The molecule has 0 aliphatic heterocycles. The van der Waals surface area contributed by atoms with Gasteiger partial charge in [0.05, 0.1) is 5.69 Å². The Labute approximate surface area is 184 Å². The summed E-state index contributed by atoms with van der Waals surface area (Å²) in [4.78, 5) is 8.07. The highest BCUT2D eigenvalue weighted by Gasteiger charge is 2.09. The predicted octanol–water partition coefficient (Wildman–Crippen LogP) is 3.48. The number of nitrogens with one attached hydrogen (secondary N) is 3. The molecule has 0 amide bonds. The maximum atomic E-state index is 4.73. The molecule has 7 heteroatoms. The first-order valence-corrected chi connectivity index (χ1v) is 9.66. The summed E-state index contributed by atoms with van der Waals surface area (Å²) in [7, 11) is 1.99. The lowest BCUT2D eigenvalue weighted by atomic mass is 10.1. The van der Waals surface area contributed by atoms with Crippen molar-refractivity contribution in [3.8, 4) is 0 Å². The van der Waals surface area contributed by atoms with Gasteiger partial charge in [-0.1, -0.05) is 18.2 Å². The number of H-pyrrole nitrogens is 1. The van der Waals surface area contributed by atoms with Crippen molar-refractivity contribution in [1.82, 2.24) is 25.4 Å². The normalized spacial score (nSPS) is 11.5. The van der Waals surface area contributed by atoms with Crippen molar-refractivity contribution in [1.29, 1.82) is 0 Å². The van der Waals surface area contributed by atoms with Crippen molar-refractivity contribution in [3.05, 3.63) is 53.0 Å². The van der Waals surface area contributed by atoms with Gasteiger partial charge in [-0.3, -0.25) is 9.67 Å². The summed E-state index contributed by atoms with van der Waals surface area (Å²) in [5.41, 5.74) is 6.14. The van der Waals surface area contributed by atoms with E-state index in [9.17, 15) is 0 Å². The minimum absolute atomic E-state index is 0. The number of aryl methyl sites for hydroxylation is 2. The number of hydrogen-bond donors (Lipinski definition) is 3. The number of guanidine groups is 1. The van der Waals surface area contributed by atoms with Crippen molar-refractivity contribution < 1.29 is 0 Å². The fourth-order valence-corrected chi connectivity index (χ4v) is 3.45. The van der Waals surface area contributed by atoms with Crippen molar-refractivity contribution in [3.63, 3.8) is 0 Å². The number of fused-ring (bicyclic) bond motifs is 1. The Morgan fingerprint density at radius 1 is 1.18 bits per heavy atom. The van der Waals surface area contributed by atoms with Gasteiger partial charge in [0.15, 0.2) is 5.96 Å². The highest BCUT2D eigenvalue weighted by Crippen LogP contribution is 2.17. The third-order valence-corrected chi connectivity index (χ3v) is 5.00. The Hall–Kier alpha value is -2.03. The molecule has 0 aliphatic carbocycles. The van der Waals surface area contributed by atoms with E-state index in [1.807, 2.05) is 11.7 Å². The van der Waals surface area contributed by atoms with Crippen LogP contribution in [0.2, 0.25) is 0 Å². The van der Waals surface area contributed by atoms with Gasteiger partial charge in [-0.05, 0) is 50.8 Å². The van der Waals surface area contributed by atoms with Crippen molar-refractivity contribution in [2.24, 2.45) is 12.0 Å². The van der Waals surface area contributed by atoms with Crippen LogP contribution in [0.1, 0.15) is 29.4 Å². The number of nitrogens with zero attached hydrogens (tertiary/aromatic N) is 3. The standard InChI is InChI=1S/C21H30N6.HI/c1-5-22-21(24-13-11-18-15(2)26-27(4)16(18)3)23-12-10-17-14-25-20-9-7-6-8-19(17)20;/h6-9,14,25H,5,10-13H2,1-4H3,(H2,22,23,24);1H. The Morgan fingerprint density at radius 2 is 1.96 bits per heavy atom. The number of rotatable bonds is 7. The average Bonchev–Trinajstić information content (AvgIpc) is 3.17. The molecule has 0 spiro atoms. The maximum Gasteiger partial charge on any atom is 0.191 e. The molecule has 3 rings (SSSR count). The molecule has 2 aromatic heterocycles. The number of aliphatic imine (C=N–C) groups is 1. The van der Waals surface area contributed by atoms with E-state index in [1.54, 1.807) is 0 Å². The molecule has 28 heavy (non-hydrogen) atoms. The third kappa shape index (κ3) is 5.27. The summed E-state index contributed by atoms with van der Waals surface area (Å²) in [5.74, 6) is 0.872. The van der Waals surface area contributed by atoms with E-state index < -0.39 is 0 Å². The van der Waals surface area contributed by atoms with Gasteiger partial charge in [0.25, 0.3) is 0 Å². The molecule has 0 radical (unpaired) electrons. The van der Waals surface area contributed by atoms with Gasteiger partial charge in [-0.15, -0.1) is 24.0 Å². The van der Waals surface area contributed by atoms with Crippen LogP contribution in [0, 0.1) is 13.8 Å². The van der Waals surface area contributed by atoms with E-state index in [0.717, 1.165) is 44.1 Å². The molecule has 0 bridgehead atoms. The molecule has 2 heterocycles. The molecule has 1 aromatic carbocycles. The first kappa shape index (κ1) is 22.3. The molecule has 0 saturated heterocycles. The lowest BCUT2D eigenvalue weighted by molar-refractivity contribution is 0.729. The third-order valence-electron chi connectivity index (χ3n) is 5.00. The molecular formula is C21H31IN6. The van der Waals surface area contributed by atoms with Crippen LogP contribution in [0.4, 0.5) is 0 Å². The Morgan fingerprint density at radius 3 is 2.68 bits per heavy atom. The van der Waals surface area contributed by atoms with E-state index in [4.69, 9.17) is 4.99 Å². The average molecular weight is 494 g/mol. The van der Waals surface area contributed by atoms with E-state index in [1.165, 1.54) is 27.7 Å². The zero-order chi connectivity index (χ0) is 19.2. The predicted molar refractivity (Wildman–Crippen MR) is 128 cm³/mol. The van der Waals surface area contributed by atoms with Gasteiger partial charge in [-0.25, -0.2) is 0 Å². The molecule has 6 nitrogen and oxygen atoms in total. The van der Waals surface area contributed by atoms with Gasteiger partial charge >= 0.3 is 0 Å². The topological polar surface area (TPSA) is 70.0 Å². The number of aromatic amines is 1. The monoisotopic (exact) mass is 494 g/mol. The lowest BCUT2D eigenvalue weighted by Crippen LogP contribution is -2.38. The zero-order valence-electron chi connectivity index (χ0n) is 17.2. The molecule has 152 valence electrons. The van der Waals surface area contributed by atoms with Crippen LogP contribution in [-0.4, -0.2) is 40.4 Å². The molecule has 0 aliphatic rings. The highest BCUT2D eigenvalue weighted by molar-refractivity contribution is 14.0. The Kier molecular flexibility index (Phi) is 8.35. The van der Waals surface area contributed by atoms with E-state index in [-0.39, 0.29) is 24.0 Å². The second kappa shape index (κ2) is 10.5. The lowest BCUT2D eigenvalue weighted by Gasteiger charge is -2.11. The minimum Gasteiger partial charge on any atom is -0.361 e. The summed E-state index contributed by atoms with van der Waals surface area (Å²) in [5, 5.41) is 12.6. The van der Waals surface area contributed by atoms with Crippen molar-refractivity contribution in [2.75, 3.05) is 19.6 Å². The molecule has 0 fully saturated rings. The number of benzene rings is 1. The second-order valence-corrected chi connectivity index (χ2v) is 6.82. The van der Waals surface area contributed by atoms with Crippen molar-refractivity contribution in [2.45, 2.75) is 33.6 Å².